The van der Waals surface area contributed by atoms with E-state index in [1.54, 1.807) is 30.0 Å². The van der Waals surface area contributed by atoms with Gasteiger partial charge in [0, 0.05) is 27.4 Å². The topological polar surface area (TPSA) is 33.4 Å². The quantitative estimate of drug-likeness (QED) is 0.913. The van der Waals surface area contributed by atoms with Gasteiger partial charge in [-0.15, -0.1) is 0 Å². The van der Waals surface area contributed by atoms with E-state index in [9.17, 15) is 9.50 Å². The Morgan fingerprint density at radius 1 is 1.37 bits per heavy atom. The van der Waals surface area contributed by atoms with E-state index in [1.165, 1.54) is 6.07 Å². The molecule has 2 heterocycles. The monoisotopic (exact) mass is 298 g/mol. The highest BCUT2D eigenvalue weighted by molar-refractivity contribution is 8.07. The van der Waals surface area contributed by atoms with Gasteiger partial charge in [0.2, 0.25) is 0 Å². The van der Waals surface area contributed by atoms with Gasteiger partial charge >= 0.3 is 0 Å². The van der Waals surface area contributed by atoms with Crippen LogP contribution in [-0.2, 0) is 0 Å². The maximum atomic E-state index is 13.6. The number of furan rings is 1. The van der Waals surface area contributed by atoms with Crippen molar-refractivity contribution in [3.63, 3.8) is 0 Å². The largest absolute Gasteiger partial charge is 0.455 e. The second-order valence-electron chi connectivity index (χ2n) is 4.66. The Bertz CT molecular complexity index is 584. The van der Waals surface area contributed by atoms with Crippen molar-refractivity contribution in [1.29, 1.82) is 0 Å². The first-order valence-electron chi connectivity index (χ1n) is 6.26. The van der Waals surface area contributed by atoms with E-state index in [1.807, 2.05) is 11.8 Å². The minimum absolute atomic E-state index is 0.0994. The summed E-state index contributed by atoms with van der Waals surface area (Å²) in [6, 6.07) is 6.56. The highest BCUT2D eigenvalue weighted by Gasteiger charge is 2.32. The molecule has 2 aromatic rings. The fourth-order valence-corrected chi connectivity index (χ4v) is 5.16. The van der Waals surface area contributed by atoms with Crippen molar-refractivity contribution in [2.75, 3.05) is 11.5 Å². The summed E-state index contributed by atoms with van der Waals surface area (Å²) < 4.78 is 19.1. The molecule has 1 saturated heterocycles. The molecule has 0 saturated carbocycles. The Labute approximate surface area is 119 Å². The molecule has 3 atom stereocenters. The third kappa shape index (κ3) is 2.51. The highest BCUT2D eigenvalue weighted by Crippen LogP contribution is 2.40. The maximum absolute atomic E-state index is 13.6. The molecule has 1 aliphatic rings. The average molecular weight is 298 g/mol. The van der Waals surface area contributed by atoms with Gasteiger partial charge in [0.25, 0.3) is 0 Å². The number of para-hydroxylation sites is 1. The Balaban J connectivity index is 1.92. The number of benzene rings is 1. The minimum Gasteiger partial charge on any atom is -0.455 e. The molecule has 19 heavy (non-hydrogen) atoms. The Morgan fingerprint density at radius 3 is 2.89 bits per heavy atom. The van der Waals surface area contributed by atoms with Gasteiger partial charge in [0.15, 0.2) is 11.4 Å². The van der Waals surface area contributed by atoms with Crippen molar-refractivity contribution in [3.05, 3.63) is 35.8 Å². The molecule has 3 rings (SSSR count). The average Bonchev–Trinajstić information content (AvgIpc) is 2.84. The van der Waals surface area contributed by atoms with E-state index in [2.05, 4.69) is 6.92 Å². The second kappa shape index (κ2) is 5.38. The zero-order chi connectivity index (χ0) is 13.4. The molecule has 1 aliphatic heterocycles. The lowest BCUT2D eigenvalue weighted by atomic mass is 10.1. The van der Waals surface area contributed by atoms with Gasteiger partial charge in [-0.1, -0.05) is 19.1 Å². The van der Waals surface area contributed by atoms with E-state index < -0.39 is 6.10 Å². The van der Waals surface area contributed by atoms with Crippen molar-refractivity contribution in [3.8, 4) is 0 Å². The molecule has 0 spiro atoms. The fourth-order valence-electron chi connectivity index (χ4n) is 2.35. The summed E-state index contributed by atoms with van der Waals surface area (Å²) in [7, 11) is 0. The standard InChI is InChI=1S/C14H15FO2S2/c1-8-14(19-6-5-18-8)12(16)11-7-9-3-2-4-10(15)13(9)17-11/h2-4,7-8,12,14,16H,5-6H2,1H3. The first kappa shape index (κ1) is 13.3. The van der Waals surface area contributed by atoms with Crippen LogP contribution in [0.15, 0.2) is 28.7 Å². The number of hydrogen-bond donors (Lipinski definition) is 1. The van der Waals surface area contributed by atoms with Crippen molar-refractivity contribution in [2.45, 2.75) is 23.5 Å². The van der Waals surface area contributed by atoms with Crippen LogP contribution in [-0.4, -0.2) is 27.1 Å². The number of thioether (sulfide) groups is 2. The zero-order valence-electron chi connectivity index (χ0n) is 10.5. The molecule has 102 valence electrons. The molecule has 1 N–H and O–H groups in total. The summed E-state index contributed by atoms with van der Waals surface area (Å²) in [6.45, 7) is 2.12. The molecule has 5 heteroatoms. The first-order valence-corrected chi connectivity index (χ1v) is 8.36. The predicted molar refractivity (Wildman–Crippen MR) is 79.3 cm³/mol. The van der Waals surface area contributed by atoms with Gasteiger partial charge in [0.1, 0.15) is 11.9 Å². The molecule has 1 fully saturated rings. The smallest absolute Gasteiger partial charge is 0.170 e. The third-order valence-electron chi connectivity index (χ3n) is 3.35. The van der Waals surface area contributed by atoms with Gasteiger partial charge < -0.3 is 9.52 Å². The number of rotatable bonds is 2. The minimum atomic E-state index is -0.681. The van der Waals surface area contributed by atoms with Crippen molar-refractivity contribution in [2.24, 2.45) is 0 Å². The van der Waals surface area contributed by atoms with Crippen LogP contribution in [0.1, 0.15) is 18.8 Å². The fraction of sp³-hybridized carbons (Fsp3) is 0.429. The highest BCUT2D eigenvalue weighted by atomic mass is 32.2. The van der Waals surface area contributed by atoms with E-state index >= 15 is 0 Å². The van der Waals surface area contributed by atoms with Crippen LogP contribution in [0.25, 0.3) is 11.0 Å². The van der Waals surface area contributed by atoms with Gasteiger partial charge in [-0.05, 0) is 12.1 Å². The molecule has 1 aromatic carbocycles. The first-order chi connectivity index (χ1) is 9.16. The van der Waals surface area contributed by atoms with E-state index in [4.69, 9.17) is 4.42 Å². The molecule has 0 amide bonds. The SMILES string of the molecule is CC1SCCSC1C(O)c1cc2cccc(F)c2o1. The Hall–Kier alpha value is -0.650. The summed E-state index contributed by atoms with van der Waals surface area (Å²) in [5, 5.41) is 11.6. The van der Waals surface area contributed by atoms with Crippen LogP contribution in [0.5, 0.6) is 0 Å². The van der Waals surface area contributed by atoms with Gasteiger partial charge in [-0.3, -0.25) is 0 Å². The van der Waals surface area contributed by atoms with Crippen LogP contribution < -0.4 is 0 Å². The van der Waals surface area contributed by atoms with E-state index in [0.29, 0.717) is 16.4 Å². The van der Waals surface area contributed by atoms with Crippen molar-refractivity contribution in [1.82, 2.24) is 0 Å². The van der Waals surface area contributed by atoms with Crippen LogP contribution >= 0.6 is 23.5 Å². The number of hydrogen-bond acceptors (Lipinski definition) is 4. The molecule has 3 unspecified atom stereocenters. The van der Waals surface area contributed by atoms with Crippen LogP contribution in [0.4, 0.5) is 4.39 Å². The predicted octanol–water partition coefficient (Wildman–Crippen LogP) is 3.84. The van der Waals surface area contributed by atoms with E-state index in [-0.39, 0.29) is 16.7 Å². The summed E-state index contributed by atoms with van der Waals surface area (Å²) in [5.41, 5.74) is 0.234. The third-order valence-corrected chi connectivity index (χ3v) is 6.54. The van der Waals surface area contributed by atoms with Gasteiger partial charge in [-0.2, -0.15) is 23.5 Å². The lowest BCUT2D eigenvalue weighted by molar-refractivity contribution is 0.148. The van der Waals surface area contributed by atoms with Crippen LogP contribution in [0.2, 0.25) is 0 Å². The summed E-state index contributed by atoms with van der Waals surface area (Å²) in [6.07, 6.45) is -0.681. The Kier molecular flexibility index (Phi) is 3.78. The molecule has 0 radical (unpaired) electrons. The van der Waals surface area contributed by atoms with Crippen LogP contribution in [0, 0.1) is 5.82 Å². The summed E-state index contributed by atoms with van der Waals surface area (Å²) >= 11 is 3.63. The maximum Gasteiger partial charge on any atom is 0.170 e. The number of fused-ring (bicyclic) bond motifs is 1. The van der Waals surface area contributed by atoms with Crippen molar-refractivity contribution >= 4 is 34.5 Å². The zero-order valence-corrected chi connectivity index (χ0v) is 12.1. The molecule has 2 nitrogen and oxygen atoms in total. The second-order valence-corrected chi connectivity index (χ2v) is 7.43. The number of aliphatic hydroxyl groups excluding tert-OH is 1. The molecular weight excluding hydrogens is 283 g/mol. The summed E-state index contributed by atoms with van der Waals surface area (Å²) in [5.74, 6) is 2.23. The van der Waals surface area contributed by atoms with Crippen LogP contribution in [0.3, 0.4) is 0 Å². The number of aliphatic hydroxyl groups is 1. The van der Waals surface area contributed by atoms with Gasteiger partial charge in [-0.25, -0.2) is 4.39 Å². The Morgan fingerprint density at radius 2 is 2.16 bits per heavy atom. The molecular formula is C14H15FO2S2. The molecule has 0 aliphatic carbocycles. The number of halogens is 1. The van der Waals surface area contributed by atoms with Gasteiger partial charge in [0.05, 0.1) is 0 Å². The molecule has 0 bridgehead atoms. The van der Waals surface area contributed by atoms with Crippen molar-refractivity contribution < 1.29 is 13.9 Å². The molecule has 1 aromatic heterocycles. The van der Waals surface area contributed by atoms with E-state index in [0.717, 1.165) is 11.5 Å². The lowest BCUT2D eigenvalue weighted by Gasteiger charge is -2.30. The lowest BCUT2D eigenvalue weighted by Crippen LogP contribution is -2.29. The normalized spacial score (nSPS) is 25.6. The summed E-state index contributed by atoms with van der Waals surface area (Å²) in [4.78, 5) is 0.